The van der Waals surface area contributed by atoms with E-state index < -0.39 is 0 Å². The Morgan fingerprint density at radius 1 is 1.40 bits per heavy atom. The van der Waals surface area contributed by atoms with Gasteiger partial charge in [-0.1, -0.05) is 24.3 Å². The number of nitriles is 1. The maximum atomic E-state index is 9.41. The van der Waals surface area contributed by atoms with Crippen LogP contribution in [0.1, 0.15) is 30.4 Å². The Labute approximate surface area is 95.7 Å². The van der Waals surface area contributed by atoms with Gasteiger partial charge in [-0.25, -0.2) is 0 Å². The van der Waals surface area contributed by atoms with E-state index in [1.54, 1.807) is 0 Å². The first-order valence-electron chi connectivity index (χ1n) is 5.38. The van der Waals surface area contributed by atoms with Gasteiger partial charge in [0.25, 0.3) is 0 Å². The molecule has 0 aromatic heterocycles. The number of halogens is 1. The molecule has 1 aromatic rings. The summed E-state index contributed by atoms with van der Waals surface area (Å²) in [4.78, 5) is 0. The van der Waals surface area contributed by atoms with E-state index in [1.165, 1.54) is 11.1 Å². The average molecular weight is 220 g/mol. The van der Waals surface area contributed by atoms with Crippen LogP contribution in [0.5, 0.6) is 0 Å². The molecule has 0 heterocycles. The van der Waals surface area contributed by atoms with Gasteiger partial charge in [0.1, 0.15) is 0 Å². The monoisotopic (exact) mass is 219 g/mol. The van der Waals surface area contributed by atoms with Crippen molar-refractivity contribution < 1.29 is 0 Å². The molecule has 1 unspecified atom stereocenters. The number of hydrogen-bond donors (Lipinski definition) is 0. The molecule has 2 rings (SSSR count). The van der Waals surface area contributed by atoms with Gasteiger partial charge in [-0.2, -0.15) is 5.26 Å². The van der Waals surface area contributed by atoms with E-state index in [-0.39, 0.29) is 5.41 Å². The summed E-state index contributed by atoms with van der Waals surface area (Å²) in [5.74, 6) is 0.557. The molecule has 0 amide bonds. The second-order valence-corrected chi connectivity index (χ2v) is 4.52. The molecule has 1 aliphatic rings. The fourth-order valence-electron chi connectivity index (χ4n) is 2.51. The minimum absolute atomic E-state index is 0.323. The number of rotatable bonds is 2. The second-order valence-electron chi connectivity index (χ2n) is 4.14. The smallest absolute Gasteiger partial charge is 0.0836 e. The molecule has 1 nitrogen and oxygen atoms in total. The van der Waals surface area contributed by atoms with Crippen molar-refractivity contribution in [1.82, 2.24) is 0 Å². The molecular formula is C13H14ClN. The van der Waals surface area contributed by atoms with Crippen LogP contribution in [0.15, 0.2) is 24.3 Å². The molecule has 1 aliphatic carbocycles. The van der Waals surface area contributed by atoms with Gasteiger partial charge in [0.2, 0.25) is 0 Å². The zero-order valence-corrected chi connectivity index (χ0v) is 9.43. The van der Waals surface area contributed by atoms with Gasteiger partial charge in [-0.05, 0) is 36.8 Å². The van der Waals surface area contributed by atoms with Crippen LogP contribution in [0, 0.1) is 11.3 Å². The third-order valence-corrected chi connectivity index (χ3v) is 3.51. The van der Waals surface area contributed by atoms with Crippen molar-refractivity contribution in [2.24, 2.45) is 0 Å². The molecule has 0 aliphatic heterocycles. The largest absolute Gasteiger partial charge is 0.197 e. The SMILES string of the molecule is N#CC1(CCCl)CCCc2ccccc21. The fraction of sp³-hybridized carbons (Fsp3) is 0.462. The van der Waals surface area contributed by atoms with E-state index in [9.17, 15) is 5.26 Å². The van der Waals surface area contributed by atoms with Crippen molar-refractivity contribution in [3.05, 3.63) is 35.4 Å². The summed E-state index contributed by atoms with van der Waals surface area (Å²) in [7, 11) is 0. The van der Waals surface area contributed by atoms with Crippen molar-refractivity contribution in [3.8, 4) is 6.07 Å². The van der Waals surface area contributed by atoms with Crippen LogP contribution >= 0.6 is 11.6 Å². The molecule has 1 aromatic carbocycles. The number of fused-ring (bicyclic) bond motifs is 1. The highest BCUT2D eigenvalue weighted by Crippen LogP contribution is 2.39. The van der Waals surface area contributed by atoms with Crippen LogP contribution in [-0.2, 0) is 11.8 Å². The molecule has 0 N–H and O–H groups in total. The van der Waals surface area contributed by atoms with Crippen molar-refractivity contribution in [2.75, 3.05) is 5.88 Å². The molecular weight excluding hydrogens is 206 g/mol. The van der Waals surface area contributed by atoms with Crippen molar-refractivity contribution in [3.63, 3.8) is 0 Å². The van der Waals surface area contributed by atoms with Crippen LogP contribution < -0.4 is 0 Å². The van der Waals surface area contributed by atoms with Crippen LogP contribution in [0.25, 0.3) is 0 Å². The van der Waals surface area contributed by atoms with Crippen LogP contribution in [0.3, 0.4) is 0 Å². The highest BCUT2D eigenvalue weighted by atomic mass is 35.5. The van der Waals surface area contributed by atoms with Crippen LogP contribution in [-0.4, -0.2) is 5.88 Å². The first-order chi connectivity index (χ1) is 7.32. The quantitative estimate of drug-likeness (QED) is 0.700. The van der Waals surface area contributed by atoms with E-state index in [1.807, 2.05) is 12.1 Å². The lowest BCUT2D eigenvalue weighted by molar-refractivity contribution is 0.442. The topological polar surface area (TPSA) is 23.8 Å². The van der Waals surface area contributed by atoms with E-state index in [0.717, 1.165) is 25.7 Å². The molecule has 0 saturated heterocycles. The third-order valence-electron chi connectivity index (χ3n) is 3.32. The number of aryl methyl sites for hydroxylation is 1. The number of hydrogen-bond acceptors (Lipinski definition) is 1. The standard InChI is InChI=1S/C13H14ClN/c14-9-8-13(10-15)7-3-5-11-4-1-2-6-12(11)13/h1-2,4,6H,3,5,7-9H2. The number of benzene rings is 1. The van der Waals surface area contributed by atoms with Crippen LogP contribution in [0.2, 0.25) is 0 Å². The Morgan fingerprint density at radius 2 is 2.20 bits per heavy atom. The van der Waals surface area contributed by atoms with Gasteiger partial charge in [0.05, 0.1) is 11.5 Å². The second kappa shape index (κ2) is 4.24. The minimum atomic E-state index is -0.323. The molecule has 0 bridgehead atoms. The molecule has 78 valence electrons. The Morgan fingerprint density at radius 3 is 2.93 bits per heavy atom. The Hall–Kier alpha value is -1.00. The average Bonchev–Trinajstić information content (AvgIpc) is 2.30. The van der Waals surface area contributed by atoms with E-state index in [2.05, 4.69) is 18.2 Å². The first-order valence-corrected chi connectivity index (χ1v) is 5.91. The third kappa shape index (κ3) is 1.75. The maximum absolute atomic E-state index is 9.41. The summed E-state index contributed by atoms with van der Waals surface area (Å²) < 4.78 is 0. The molecule has 0 fully saturated rings. The van der Waals surface area contributed by atoms with Gasteiger partial charge < -0.3 is 0 Å². The number of nitrogens with zero attached hydrogens (tertiary/aromatic N) is 1. The lowest BCUT2D eigenvalue weighted by Gasteiger charge is -2.32. The lowest BCUT2D eigenvalue weighted by Crippen LogP contribution is -2.29. The van der Waals surface area contributed by atoms with Crippen molar-refractivity contribution in [1.29, 1.82) is 5.26 Å². The predicted octanol–water partition coefficient (Wildman–Crippen LogP) is 3.41. The van der Waals surface area contributed by atoms with Gasteiger partial charge in [-0.15, -0.1) is 11.6 Å². The highest BCUT2D eigenvalue weighted by molar-refractivity contribution is 6.17. The molecule has 2 heteroatoms. The first kappa shape index (κ1) is 10.5. The summed E-state index contributed by atoms with van der Waals surface area (Å²) in [6.45, 7) is 0. The Balaban J connectivity index is 2.48. The Kier molecular flexibility index (Phi) is 2.98. The molecule has 1 atom stereocenters. The summed E-state index contributed by atoms with van der Waals surface area (Å²) in [6.07, 6.45) is 3.92. The van der Waals surface area contributed by atoms with E-state index in [4.69, 9.17) is 11.6 Å². The Bertz CT molecular complexity index is 394. The zero-order valence-electron chi connectivity index (χ0n) is 8.67. The number of alkyl halides is 1. The van der Waals surface area contributed by atoms with Gasteiger partial charge in [0.15, 0.2) is 0 Å². The van der Waals surface area contributed by atoms with Crippen molar-refractivity contribution in [2.45, 2.75) is 31.1 Å². The van der Waals surface area contributed by atoms with E-state index in [0.29, 0.717) is 5.88 Å². The summed E-state index contributed by atoms with van der Waals surface area (Å²) in [5.41, 5.74) is 2.21. The predicted molar refractivity (Wildman–Crippen MR) is 62.0 cm³/mol. The van der Waals surface area contributed by atoms with Gasteiger partial charge in [0, 0.05) is 5.88 Å². The van der Waals surface area contributed by atoms with Gasteiger partial charge in [-0.3, -0.25) is 0 Å². The summed E-state index contributed by atoms with van der Waals surface area (Å²) in [5, 5.41) is 9.41. The van der Waals surface area contributed by atoms with E-state index >= 15 is 0 Å². The molecule has 0 saturated carbocycles. The zero-order chi connectivity index (χ0) is 10.7. The normalized spacial score (nSPS) is 24.3. The fourth-order valence-corrected chi connectivity index (χ4v) is 2.84. The van der Waals surface area contributed by atoms with Gasteiger partial charge >= 0.3 is 0 Å². The van der Waals surface area contributed by atoms with Crippen molar-refractivity contribution >= 4 is 11.6 Å². The summed E-state index contributed by atoms with van der Waals surface area (Å²) >= 11 is 5.82. The summed E-state index contributed by atoms with van der Waals surface area (Å²) in [6, 6.07) is 10.8. The molecule has 15 heavy (non-hydrogen) atoms. The maximum Gasteiger partial charge on any atom is 0.0836 e. The minimum Gasteiger partial charge on any atom is -0.197 e. The van der Waals surface area contributed by atoms with Crippen LogP contribution in [0.4, 0.5) is 0 Å². The lowest BCUT2D eigenvalue weighted by atomic mass is 9.69. The molecule has 0 radical (unpaired) electrons. The molecule has 0 spiro atoms. The highest BCUT2D eigenvalue weighted by Gasteiger charge is 2.35.